The summed E-state index contributed by atoms with van der Waals surface area (Å²) in [5, 5.41) is 6.81. The number of nitrogens with zero attached hydrogens (tertiary/aromatic N) is 1. The zero-order valence-corrected chi connectivity index (χ0v) is 13.5. The molecule has 0 fully saturated rings. The number of rotatable bonds is 3. The van der Waals surface area contributed by atoms with Crippen LogP contribution in [0.15, 0.2) is 28.8 Å². The fourth-order valence-electron chi connectivity index (χ4n) is 2.16. The molecular weight excluding hydrogens is 280 g/mol. The number of hydrogen-bond acceptors (Lipinski definition) is 4. The van der Waals surface area contributed by atoms with E-state index in [1.54, 1.807) is 31.2 Å². The molecule has 0 unspecified atom stereocenters. The summed E-state index contributed by atoms with van der Waals surface area (Å²) in [4.78, 5) is 24.0. The average molecular weight is 300 g/mol. The molecule has 22 heavy (non-hydrogen) atoms. The van der Waals surface area contributed by atoms with E-state index in [2.05, 4.69) is 10.5 Å². The second-order valence-electron chi connectivity index (χ2n) is 6.30. The molecule has 0 atom stereocenters. The van der Waals surface area contributed by atoms with Crippen molar-refractivity contribution in [2.45, 2.75) is 40.0 Å². The molecular formula is C17H20N2O3. The number of Topliss-reactive ketones (excluding diaryl/α,β-unsaturated/α-hetero) is 1. The Balaban J connectivity index is 2.33. The van der Waals surface area contributed by atoms with Gasteiger partial charge >= 0.3 is 0 Å². The topological polar surface area (TPSA) is 72.2 Å². The van der Waals surface area contributed by atoms with E-state index in [1.165, 1.54) is 6.92 Å². The molecule has 2 rings (SSSR count). The zero-order valence-electron chi connectivity index (χ0n) is 13.5. The number of aryl methyl sites for hydroxylation is 1. The van der Waals surface area contributed by atoms with E-state index in [0.29, 0.717) is 28.3 Å². The van der Waals surface area contributed by atoms with Gasteiger partial charge in [-0.1, -0.05) is 38.1 Å². The highest BCUT2D eigenvalue weighted by Gasteiger charge is 2.28. The minimum atomic E-state index is -0.300. The van der Waals surface area contributed by atoms with E-state index in [4.69, 9.17) is 4.52 Å². The van der Waals surface area contributed by atoms with Crippen LogP contribution in [-0.4, -0.2) is 16.8 Å². The molecule has 0 aliphatic heterocycles. The van der Waals surface area contributed by atoms with E-state index >= 15 is 0 Å². The molecule has 5 nitrogen and oxygen atoms in total. The monoisotopic (exact) mass is 300 g/mol. The van der Waals surface area contributed by atoms with Crippen molar-refractivity contribution in [1.29, 1.82) is 0 Å². The van der Waals surface area contributed by atoms with Crippen LogP contribution < -0.4 is 5.32 Å². The van der Waals surface area contributed by atoms with E-state index in [9.17, 15) is 9.59 Å². The SMILES string of the molecule is CC(=O)c1cccc(NC(=O)c2c(C(C)(C)C)noc2C)c1. The lowest BCUT2D eigenvalue weighted by Gasteiger charge is -2.16. The minimum absolute atomic E-state index is 0.0485. The molecule has 1 aromatic carbocycles. The Morgan fingerprint density at radius 2 is 1.91 bits per heavy atom. The van der Waals surface area contributed by atoms with Gasteiger partial charge in [0.25, 0.3) is 5.91 Å². The van der Waals surface area contributed by atoms with Gasteiger partial charge in [-0.3, -0.25) is 9.59 Å². The Labute approximate surface area is 129 Å². The number of aromatic nitrogens is 1. The Kier molecular flexibility index (Phi) is 4.17. The summed E-state index contributed by atoms with van der Waals surface area (Å²) in [5.41, 5.74) is 1.88. The number of nitrogens with one attached hydrogen (secondary N) is 1. The summed E-state index contributed by atoms with van der Waals surface area (Å²) in [6.07, 6.45) is 0. The molecule has 2 aromatic rings. The van der Waals surface area contributed by atoms with E-state index in [1.807, 2.05) is 20.8 Å². The van der Waals surface area contributed by atoms with Crippen LogP contribution in [0.5, 0.6) is 0 Å². The molecule has 1 N–H and O–H groups in total. The quantitative estimate of drug-likeness (QED) is 0.876. The van der Waals surface area contributed by atoms with Gasteiger partial charge in [0, 0.05) is 16.7 Å². The average Bonchev–Trinajstić information content (AvgIpc) is 2.81. The van der Waals surface area contributed by atoms with Crippen LogP contribution >= 0.6 is 0 Å². The van der Waals surface area contributed by atoms with Crippen molar-refractivity contribution in [3.05, 3.63) is 46.8 Å². The molecule has 0 spiro atoms. The number of benzene rings is 1. The number of carbonyl (C=O) groups excluding carboxylic acids is 2. The van der Waals surface area contributed by atoms with Crippen molar-refractivity contribution in [1.82, 2.24) is 5.16 Å². The first-order chi connectivity index (χ1) is 10.2. The zero-order chi connectivity index (χ0) is 16.5. The van der Waals surface area contributed by atoms with Gasteiger partial charge in [0.15, 0.2) is 5.78 Å². The van der Waals surface area contributed by atoms with Gasteiger partial charge in [-0.25, -0.2) is 0 Å². The molecule has 1 aromatic heterocycles. The van der Waals surface area contributed by atoms with Crippen LogP contribution in [0, 0.1) is 6.92 Å². The van der Waals surface area contributed by atoms with Crippen LogP contribution in [0.1, 0.15) is 59.9 Å². The lowest BCUT2D eigenvalue weighted by Crippen LogP contribution is -2.21. The summed E-state index contributed by atoms with van der Waals surface area (Å²) in [7, 11) is 0. The van der Waals surface area contributed by atoms with Crippen LogP contribution in [0.25, 0.3) is 0 Å². The summed E-state index contributed by atoms with van der Waals surface area (Å²) < 4.78 is 5.18. The summed E-state index contributed by atoms with van der Waals surface area (Å²) in [5.74, 6) is 0.141. The largest absolute Gasteiger partial charge is 0.361 e. The van der Waals surface area contributed by atoms with Crippen LogP contribution in [0.2, 0.25) is 0 Å². The number of carbonyl (C=O) groups is 2. The first-order valence-electron chi connectivity index (χ1n) is 7.09. The Hall–Kier alpha value is -2.43. The maximum Gasteiger partial charge on any atom is 0.261 e. The Morgan fingerprint density at radius 1 is 1.23 bits per heavy atom. The molecule has 0 aliphatic rings. The third kappa shape index (κ3) is 3.24. The first kappa shape index (κ1) is 15.9. The normalized spacial score (nSPS) is 11.3. The van der Waals surface area contributed by atoms with Crippen molar-refractivity contribution >= 4 is 17.4 Å². The van der Waals surface area contributed by atoms with Gasteiger partial charge < -0.3 is 9.84 Å². The molecule has 0 radical (unpaired) electrons. The molecule has 1 heterocycles. The number of amides is 1. The van der Waals surface area contributed by atoms with Crippen molar-refractivity contribution < 1.29 is 14.1 Å². The lowest BCUT2D eigenvalue weighted by atomic mass is 9.88. The maximum absolute atomic E-state index is 12.5. The highest BCUT2D eigenvalue weighted by molar-refractivity contribution is 6.06. The molecule has 1 amide bonds. The Morgan fingerprint density at radius 3 is 2.50 bits per heavy atom. The predicted molar refractivity (Wildman–Crippen MR) is 84.3 cm³/mol. The first-order valence-corrected chi connectivity index (χ1v) is 7.09. The van der Waals surface area contributed by atoms with Crippen molar-refractivity contribution in [3.63, 3.8) is 0 Å². The predicted octanol–water partition coefficient (Wildman–Crippen LogP) is 3.74. The second kappa shape index (κ2) is 5.75. The minimum Gasteiger partial charge on any atom is -0.361 e. The summed E-state index contributed by atoms with van der Waals surface area (Å²) in [6.45, 7) is 9.11. The van der Waals surface area contributed by atoms with Gasteiger partial charge in [0.05, 0.1) is 0 Å². The van der Waals surface area contributed by atoms with Crippen molar-refractivity contribution in [2.24, 2.45) is 0 Å². The molecule has 0 saturated heterocycles. The van der Waals surface area contributed by atoms with Crippen molar-refractivity contribution in [2.75, 3.05) is 5.32 Å². The molecule has 5 heteroatoms. The Bertz CT molecular complexity index is 724. The third-order valence-corrected chi connectivity index (χ3v) is 3.33. The van der Waals surface area contributed by atoms with E-state index < -0.39 is 0 Å². The smallest absolute Gasteiger partial charge is 0.261 e. The maximum atomic E-state index is 12.5. The fraction of sp³-hybridized carbons (Fsp3) is 0.353. The number of ketones is 1. The number of anilines is 1. The molecule has 0 saturated carbocycles. The van der Waals surface area contributed by atoms with Gasteiger partial charge in [0.1, 0.15) is 17.0 Å². The van der Waals surface area contributed by atoms with Crippen LogP contribution in [0.3, 0.4) is 0 Å². The van der Waals surface area contributed by atoms with Gasteiger partial charge in [-0.05, 0) is 26.0 Å². The molecule has 0 bridgehead atoms. The van der Waals surface area contributed by atoms with Gasteiger partial charge in [-0.2, -0.15) is 0 Å². The standard InChI is InChI=1S/C17H20N2O3/c1-10(20)12-7-6-8-13(9-12)18-16(21)14-11(2)22-19-15(14)17(3,4)5/h6-9H,1-5H3,(H,18,21). The molecule has 0 aliphatic carbocycles. The fourth-order valence-corrected chi connectivity index (χ4v) is 2.16. The van der Waals surface area contributed by atoms with Gasteiger partial charge in [-0.15, -0.1) is 0 Å². The summed E-state index contributed by atoms with van der Waals surface area (Å²) >= 11 is 0. The second-order valence-corrected chi connectivity index (χ2v) is 6.30. The lowest BCUT2D eigenvalue weighted by molar-refractivity contribution is 0.101. The highest BCUT2D eigenvalue weighted by Crippen LogP contribution is 2.27. The third-order valence-electron chi connectivity index (χ3n) is 3.33. The summed E-state index contributed by atoms with van der Waals surface area (Å²) in [6, 6.07) is 6.84. The van der Waals surface area contributed by atoms with E-state index in [0.717, 1.165) is 0 Å². The van der Waals surface area contributed by atoms with Crippen molar-refractivity contribution in [3.8, 4) is 0 Å². The number of hydrogen-bond donors (Lipinski definition) is 1. The highest BCUT2D eigenvalue weighted by atomic mass is 16.5. The van der Waals surface area contributed by atoms with Crippen LogP contribution in [-0.2, 0) is 5.41 Å². The molecule has 116 valence electrons. The van der Waals surface area contributed by atoms with Crippen LogP contribution in [0.4, 0.5) is 5.69 Å². The van der Waals surface area contributed by atoms with E-state index in [-0.39, 0.29) is 17.1 Å². The van der Waals surface area contributed by atoms with Gasteiger partial charge in [0.2, 0.25) is 0 Å².